The van der Waals surface area contributed by atoms with Crippen molar-refractivity contribution in [3.63, 3.8) is 0 Å². The van der Waals surface area contributed by atoms with Crippen LogP contribution in [0, 0.1) is 0 Å². The molecule has 0 aromatic heterocycles. The first-order chi connectivity index (χ1) is 10.9. The van der Waals surface area contributed by atoms with Crippen LogP contribution in [0.15, 0.2) is 24.3 Å². The van der Waals surface area contributed by atoms with E-state index < -0.39 is 0 Å². The van der Waals surface area contributed by atoms with Gasteiger partial charge in [0.25, 0.3) is 5.91 Å². The SMILES string of the molecule is CC.CNC(=O)c1ccc(OC(C)(C)CCOC(C)SC)cc1. The van der Waals surface area contributed by atoms with Gasteiger partial charge >= 0.3 is 0 Å². The zero-order valence-electron chi connectivity index (χ0n) is 15.4. The average Bonchev–Trinajstić information content (AvgIpc) is 2.55. The van der Waals surface area contributed by atoms with Gasteiger partial charge in [-0.05, 0) is 51.3 Å². The van der Waals surface area contributed by atoms with Gasteiger partial charge in [-0.3, -0.25) is 4.79 Å². The lowest BCUT2D eigenvalue weighted by atomic mass is 10.1. The lowest BCUT2D eigenvalue weighted by Gasteiger charge is -2.27. The fourth-order valence-corrected chi connectivity index (χ4v) is 1.96. The first-order valence-electron chi connectivity index (χ1n) is 8.03. The van der Waals surface area contributed by atoms with Crippen LogP contribution in [0.4, 0.5) is 0 Å². The molecule has 0 saturated heterocycles. The molecule has 0 fully saturated rings. The maximum absolute atomic E-state index is 11.5. The molecule has 0 aliphatic rings. The predicted molar refractivity (Wildman–Crippen MR) is 99.4 cm³/mol. The third-order valence-electron chi connectivity index (χ3n) is 3.13. The van der Waals surface area contributed by atoms with Crippen molar-refractivity contribution < 1.29 is 14.3 Å². The maximum atomic E-state index is 11.5. The van der Waals surface area contributed by atoms with E-state index in [-0.39, 0.29) is 16.9 Å². The van der Waals surface area contributed by atoms with Gasteiger partial charge in [0.15, 0.2) is 0 Å². The molecule has 0 bridgehead atoms. The highest BCUT2D eigenvalue weighted by Gasteiger charge is 2.20. The Bertz CT molecular complexity index is 446. The number of thioether (sulfide) groups is 1. The standard InChI is InChI=1S/C16H25NO3S.C2H6/c1-12(21-5)19-11-10-16(2,3)20-14-8-6-13(7-9-14)15(18)17-4;1-2/h6-9,12H,10-11H2,1-5H3,(H,17,18);1-2H3. The van der Waals surface area contributed by atoms with Crippen LogP contribution in [-0.2, 0) is 4.74 Å². The Balaban J connectivity index is 0.00000232. The number of carbonyl (C=O) groups excluding carboxylic acids is 1. The van der Waals surface area contributed by atoms with Crippen molar-refractivity contribution in [1.82, 2.24) is 5.32 Å². The van der Waals surface area contributed by atoms with Crippen molar-refractivity contribution in [2.75, 3.05) is 19.9 Å². The number of hydrogen-bond donors (Lipinski definition) is 1. The number of nitrogens with one attached hydrogen (secondary N) is 1. The first kappa shape index (κ1) is 21.8. The van der Waals surface area contributed by atoms with E-state index in [1.165, 1.54) is 0 Å². The molecule has 1 amide bonds. The van der Waals surface area contributed by atoms with Crippen LogP contribution in [0.5, 0.6) is 5.75 Å². The summed E-state index contributed by atoms with van der Waals surface area (Å²) in [6.07, 6.45) is 2.83. The Hall–Kier alpha value is -1.20. The normalized spacial score (nSPS) is 12.0. The molecule has 0 aliphatic carbocycles. The fraction of sp³-hybridized carbons (Fsp3) is 0.611. The van der Waals surface area contributed by atoms with Crippen molar-refractivity contribution in [3.05, 3.63) is 29.8 Å². The quantitative estimate of drug-likeness (QED) is 0.714. The van der Waals surface area contributed by atoms with Gasteiger partial charge in [-0.25, -0.2) is 0 Å². The zero-order chi connectivity index (χ0) is 17.9. The summed E-state index contributed by atoms with van der Waals surface area (Å²) < 4.78 is 11.6. The molecule has 1 unspecified atom stereocenters. The Morgan fingerprint density at radius 1 is 1.26 bits per heavy atom. The Kier molecular flexibility index (Phi) is 10.8. The van der Waals surface area contributed by atoms with Crippen molar-refractivity contribution in [3.8, 4) is 5.75 Å². The molecule has 0 saturated carbocycles. The molecule has 4 nitrogen and oxygen atoms in total. The molecular formula is C18H31NO3S. The molecule has 1 rings (SSSR count). The van der Waals surface area contributed by atoms with E-state index in [0.29, 0.717) is 12.2 Å². The molecule has 1 aromatic rings. The maximum Gasteiger partial charge on any atom is 0.251 e. The lowest BCUT2D eigenvalue weighted by Crippen LogP contribution is -2.30. The Morgan fingerprint density at radius 3 is 2.30 bits per heavy atom. The largest absolute Gasteiger partial charge is 0.488 e. The minimum absolute atomic E-state index is 0.0970. The van der Waals surface area contributed by atoms with Gasteiger partial charge in [0.1, 0.15) is 11.4 Å². The van der Waals surface area contributed by atoms with Gasteiger partial charge in [-0.2, -0.15) is 0 Å². The van der Waals surface area contributed by atoms with Crippen molar-refractivity contribution in [2.45, 2.75) is 52.1 Å². The summed E-state index contributed by atoms with van der Waals surface area (Å²) in [5, 5.41) is 2.59. The molecule has 0 spiro atoms. The van der Waals surface area contributed by atoms with Crippen LogP contribution >= 0.6 is 11.8 Å². The average molecular weight is 342 g/mol. The van der Waals surface area contributed by atoms with Gasteiger partial charge in [0, 0.05) is 19.0 Å². The third-order valence-corrected chi connectivity index (χ3v) is 3.93. The van der Waals surface area contributed by atoms with Crippen molar-refractivity contribution >= 4 is 17.7 Å². The summed E-state index contributed by atoms with van der Waals surface area (Å²) in [5.41, 5.74) is 0.513. The molecule has 0 heterocycles. The molecule has 1 aromatic carbocycles. The summed E-state index contributed by atoms with van der Waals surface area (Å²) in [6, 6.07) is 7.16. The summed E-state index contributed by atoms with van der Waals surface area (Å²) in [6.45, 7) is 10.8. The van der Waals surface area contributed by atoms with E-state index in [2.05, 4.69) is 5.32 Å². The third kappa shape index (κ3) is 8.86. The van der Waals surface area contributed by atoms with Crippen LogP contribution in [-0.4, -0.2) is 36.9 Å². The van der Waals surface area contributed by atoms with Crippen LogP contribution in [0.2, 0.25) is 0 Å². The van der Waals surface area contributed by atoms with E-state index in [0.717, 1.165) is 12.2 Å². The van der Waals surface area contributed by atoms with E-state index in [1.807, 2.05) is 53.0 Å². The molecule has 1 N–H and O–H groups in total. The minimum atomic E-state index is -0.313. The molecular weight excluding hydrogens is 310 g/mol. The van der Waals surface area contributed by atoms with E-state index in [9.17, 15) is 4.79 Å². The van der Waals surface area contributed by atoms with Gasteiger partial charge in [0.2, 0.25) is 0 Å². The van der Waals surface area contributed by atoms with E-state index >= 15 is 0 Å². The Labute approximate surface area is 145 Å². The second kappa shape index (κ2) is 11.4. The van der Waals surface area contributed by atoms with Gasteiger partial charge in [0.05, 0.1) is 12.0 Å². The topological polar surface area (TPSA) is 47.6 Å². The number of benzene rings is 1. The van der Waals surface area contributed by atoms with E-state index in [1.54, 1.807) is 30.9 Å². The second-order valence-electron chi connectivity index (χ2n) is 5.39. The predicted octanol–water partition coefficient (Wildman–Crippen LogP) is 4.35. The lowest BCUT2D eigenvalue weighted by molar-refractivity contribution is 0.0426. The highest BCUT2D eigenvalue weighted by atomic mass is 32.2. The number of rotatable bonds is 8. The van der Waals surface area contributed by atoms with Crippen molar-refractivity contribution in [2.24, 2.45) is 0 Å². The smallest absolute Gasteiger partial charge is 0.251 e. The fourth-order valence-electron chi connectivity index (χ4n) is 1.73. The van der Waals surface area contributed by atoms with Crippen LogP contribution < -0.4 is 10.1 Å². The van der Waals surface area contributed by atoms with E-state index in [4.69, 9.17) is 9.47 Å². The summed E-state index contributed by atoms with van der Waals surface area (Å²) in [7, 11) is 1.62. The number of ether oxygens (including phenoxy) is 2. The summed E-state index contributed by atoms with van der Waals surface area (Å²) in [4.78, 5) is 11.5. The van der Waals surface area contributed by atoms with Crippen LogP contribution in [0.1, 0.15) is 51.4 Å². The zero-order valence-corrected chi connectivity index (χ0v) is 16.3. The molecule has 0 aliphatic heterocycles. The second-order valence-corrected chi connectivity index (χ2v) is 6.52. The summed E-state index contributed by atoms with van der Waals surface area (Å²) in [5.74, 6) is 0.658. The summed E-state index contributed by atoms with van der Waals surface area (Å²) >= 11 is 1.68. The highest BCUT2D eigenvalue weighted by Crippen LogP contribution is 2.22. The molecule has 1 atom stereocenters. The number of hydrogen-bond acceptors (Lipinski definition) is 4. The highest BCUT2D eigenvalue weighted by molar-refractivity contribution is 7.99. The monoisotopic (exact) mass is 341 g/mol. The molecule has 23 heavy (non-hydrogen) atoms. The van der Waals surface area contributed by atoms with Gasteiger partial charge in [-0.15, -0.1) is 11.8 Å². The van der Waals surface area contributed by atoms with Crippen molar-refractivity contribution in [1.29, 1.82) is 0 Å². The minimum Gasteiger partial charge on any atom is -0.488 e. The first-order valence-corrected chi connectivity index (χ1v) is 9.32. The number of carbonyl (C=O) groups is 1. The van der Waals surface area contributed by atoms with Gasteiger partial charge < -0.3 is 14.8 Å². The molecule has 132 valence electrons. The molecule has 0 radical (unpaired) electrons. The van der Waals surface area contributed by atoms with Crippen LogP contribution in [0.3, 0.4) is 0 Å². The Morgan fingerprint density at radius 2 is 1.83 bits per heavy atom. The molecule has 5 heteroatoms. The number of amides is 1. The van der Waals surface area contributed by atoms with Crippen LogP contribution in [0.25, 0.3) is 0 Å². The van der Waals surface area contributed by atoms with Gasteiger partial charge in [-0.1, -0.05) is 13.8 Å².